The predicted octanol–water partition coefficient (Wildman–Crippen LogP) is 2.93. The molecular formula is C22H29N3O5. The van der Waals surface area contributed by atoms with Crippen molar-refractivity contribution in [3.05, 3.63) is 36.0 Å². The van der Waals surface area contributed by atoms with E-state index < -0.39 is 29.6 Å². The summed E-state index contributed by atoms with van der Waals surface area (Å²) < 4.78 is 5.39. The number of nitrogens with zero attached hydrogens (tertiary/aromatic N) is 1. The number of aromatic amines is 1. The Hall–Kier alpha value is -3.03. The molecule has 0 spiro atoms. The molecule has 2 amide bonds. The van der Waals surface area contributed by atoms with Gasteiger partial charge in [0.15, 0.2) is 0 Å². The van der Waals surface area contributed by atoms with Gasteiger partial charge in [0, 0.05) is 36.6 Å². The number of para-hydroxylation sites is 1. The van der Waals surface area contributed by atoms with Crippen LogP contribution in [-0.2, 0) is 20.7 Å². The molecule has 162 valence electrons. The van der Waals surface area contributed by atoms with E-state index in [2.05, 4.69) is 10.3 Å². The highest BCUT2D eigenvalue weighted by Crippen LogP contribution is 2.21. The summed E-state index contributed by atoms with van der Waals surface area (Å²) in [5.41, 5.74) is 1.14. The van der Waals surface area contributed by atoms with Crippen molar-refractivity contribution in [2.24, 2.45) is 5.92 Å². The summed E-state index contributed by atoms with van der Waals surface area (Å²) in [6.07, 6.45) is 2.77. The summed E-state index contributed by atoms with van der Waals surface area (Å²) in [5, 5.41) is 13.3. The molecule has 1 aromatic carbocycles. The second-order valence-electron chi connectivity index (χ2n) is 8.73. The summed E-state index contributed by atoms with van der Waals surface area (Å²) in [5.74, 6) is -1.90. The Morgan fingerprint density at radius 1 is 1.30 bits per heavy atom. The molecule has 2 atom stereocenters. The van der Waals surface area contributed by atoms with Crippen molar-refractivity contribution in [3.63, 3.8) is 0 Å². The Bertz CT molecular complexity index is 930. The van der Waals surface area contributed by atoms with Gasteiger partial charge in [-0.05, 0) is 45.2 Å². The maximum atomic E-state index is 12.8. The van der Waals surface area contributed by atoms with E-state index >= 15 is 0 Å². The molecule has 0 bridgehead atoms. The number of piperidine rings is 1. The first-order chi connectivity index (χ1) is 14.1. The van der Waals surface area contributed by atoms with Crippen LogP contribution in [0.3, 0.4) is 0 Å². The first kappa shape index (κ1) is 21.7. The number of amides is 2. The zero-order chi connectivity index (χ0) is 21.9. The zero-order valence-electron chi connectivity index (χ0n) is 17.6. The number of carbonyl (C=O) groups is 3. The number of carboxylic acids is 1. The van der Waals surface area contributed by atoms with Gasteiger partial charge in [-0.1, -0.05) is 18.2 Å². The monoisotopic (exact) mass is 415 g/mol. The third-order valence-electron chi connectivity index (χ3n) is 5.16. The largest absolute Gasteiger partial charge is 0.480 e. The molecule has 0 radical (unpaired) electrons. The summed E-state index contributed by atoms with van der Waals surface area (Å²) in [6, 6.07) is 6.58. The van der Waals surface area contributed by atoms with Crippen molar-refractivity contribution < 1.29 is 24.2 Å². The average molecular weight is 415 g/mol. The molecular weight excluding hydrogens is 386 g/mol. The van der Waals surface area contributed by atoms with Gasteiger partial charge in [0.25, 0.3) is 0 Å². The molecule has 8 nitrogen and oxygen atoms in total. The lowest BCUT2D eigenvalue weighted by Gasteiger charge is -2.33. The molecule has 3 rings (SSSR count). The minimum atomic E-state index is -1.09. The van der Waals surface area contributed by atoms with Crippen LogP contribution in [0.25, 0.3) is 10.9 Å². The second kappa shape index (κ2) is 8.77. The Morgan fingerprint density at radius 2 is 2.03 bits per heavy atom. The Morgan fingerprint density at radius 3 is 2.73 bits per heavy atom. The Labute approximate surface area is 175 Å². The molecule has 8 heteroatoms. The molecule has 0 saturated carbocycles. The van der Waals surface area contributed by atoms with E-state index in [1.165, 1.54) is 4.90 Å². The van der Waals surface area contributed by atoms with E-state index in [9.17, 15) is 19.5 Å². The van der Waals surface area contributed by atoms with Gasteiger partial charge < -0.3 is 25.0 Å². The standard InChI is InChI=1S/C22H29N3O5/c1-22(2,3)30-21(29)25-10-6-7-14(13-25)19(26)24-18(20(27)28)11-15-12-23-17-9-5-4-8-16(15)17/h4-5,8-9,12,14,18,23H,6-7,10-11,13H2,1-3H3,(H,24,26)(H,27,28). The molecule has 1 aliphatic rings. The van der Waals surface area contributed by atoms with Crippen LogP contribution in [0.2, 0.25) is 0 Å². The summed E-state index contributed by atoms with van der Waals surface area (Å²) >= 11 is 0. The van der Waals surface area contributed by atoms with Crippen LogP contribution in [0.4, 0.5) is 4.79 Å². The molecule has 0 aliphatic carbocycles. The van der Waals surface area contributed by atoms with Crippen LogP contribution in [0.1, 0.15) is 39.2 Å². The minimum Gasteiger partial charge on any atom is -0.480 e. The number of aromatic nitrogens is 1. The van der Waals surface area contributed by atoms with Gasteiger partial charge in [-0.15, -0.1) is 0 Å². The topological polar surface area (TPSA) is 112 Å². The highest BCUT2D eigenvalue weighted by Gasteiger charge is 2.33. The third-order valence-corrected chi connectivity index (χ3v) is 5.16. The van der Waals surface area contributed by atoms with Gasteiger partial charge in [0.1, 0.15) is 11.6 Å². The smallest absolute Gasteiger partial charge is 0.410 e. The van der Waals surface area contributed by atoms with Gasteiger partial charge in [-0.25, -0.2) is 9.59 Å². The maximum absolute atomic E-state index is 12.8. The SMILES string of the molecule is CC(C)(C)OC(=O)N1CCCC(C(=O)NC(Cc2c[nH]c3ccccc23)C(=O)O)C1. The molecule has 1 saturated heterocycles. The van der Waals surface area contributed by atoms with Crippen molar-refractivity contribution in [2.75, 3.05) is 13.1 Å². The number of benzene rings is 1. The number of likely N-dealkylation sites (tertiary alicyclic amines) is 1. The maximum Gasteiger partial charge on any atom is 0.410 e. The van der Waals surface area contributed by atoms with Crippen molar-refractivity contribution in [3.8, 4) is 0 Å². The molecule has 2 aromatic rings. The molecule has 2 heterocycles. The molecule has 1 aromatic heterocycles. The highest BCUT2D eigenvalue weighted by atomic mass is 16.6. The first-order valence-electron chi connectivity index (χ1n) is 10.2. The Balaban J connectivity index is 1.64. The summed E-state index contributed by atoms with van der Waals surface area (Å²) in [7, 11) is 0. The van der Waals surface area contributed by atoms with Crippen LogP contribution in [0, 0.1) is 5.92 Å². The van der Waals surface area contributed by atoms with E-state index in [1.54, 1.807) is 27.0 Å². The van der Waals surface area contributed by atoms with Crippen LogP contribution < -0.4 is 5.32 Å². The number of ether oxygens (including phenoxy) is 1. The Kier molecular flexibility index (Phi) is 6.34. The van der Waals surface area contributed by atoms with Gasteiger partial charge in [0.05, 0.1) is 5.92 Å². The number of nitrogens with one attached hydrogen (secondary N) is 2. The first-order valence-corrected chi connectivity index (χ1v) is 10.2. The third kappa shape index (κ3) is 5.31. The number of aliphatic carboxylic acids is 1. The highest BCUT2D eigenvalue weighted by molar-refractivity contribution is 5.87. The predicted molar refractivity (Wildman–Crippen MR) is 112 cm³/mol. The van der Waals surface area contributed by atoms with Crippen molar-refractivity contribution in [1.82, 2.24) is 15.2 Å². The molecule has 2 unspecified atom stereocenters. The summed E-state index contributed by atoms with van der Waals surface area (Å²) in [4.78, 5) is 41.6. The average Bonchev–Trinajstić information content (AvgIpc) is 3.09. The van der Waals surface area contributed by atoms with Gasteiger partial charge in [-0.3, -0.25) is 4.79 Å². The van der Waals surface area contributed by atoms with E-state index in [0.717, 1.165) is 16.5 Å². The van der Waals surface area contributed by atoms with Gasteiger partial charge in [0.2, 0.25) is 5.91 Å². The van der Waals surface area contributed by atoms with Crippen LogP contribution in [0.5, 0.6) is 0 Å². The fourth-order valence-corrected chi connectivity index (χ4v) is 3.69. The molecule has 3 N–H and O–H groups in total. The van der Waals surface area contributed by atoms with E-state index in [-0.39, 0.29) is 18.9 Å². The van der Waals surface area contributed by atoms with E-state index in [1.807, 2.05) is 24.3 Å². The molecule has 1 aliphatic heterocycles. The number of carbonyl (C=O) groups excluding carboxylic acids is 2. The lowest BCUT2D eigenvalue weighted by molar-refractivity contribution is -0.142. The summed E-state index contributed by atoms with van der Waals surface area (Å²) in [6.45, 7) is 6.13. The van der Waals surface area contributed by atoms with E-state index in [0.29, 0.717) is 19.4 Å². The van der Waals surface area contributed by atoms with Gasteiger partial charge in [-0.2, -0.15) is 0 Å². The second-order valence-corrected chi connectivity index (χ2v) is 8.73. The minimum absolute atomic E-state index is 0.174. The molecule has 30 heavy (non-hydrogen) atoms. The lowest BCUT2D eigenvalue weighted by Crippen LogP contribution is -2.50. The fraction of sp³-hybridized carbons (Fsp3) is 0.500. The van der Waals surface area contributed by atoms with Crippen molar-refractivity contribution in [2.45, 2.75) is 51.7 Å². The molecule has 1 fully saturated rings. The number of fused-ring (bicyclic) bond motifs is 1. The van der Waals surface area contributed by atoms with Crippen LogP contribution in [-0.4, -0.2) is 57.7 Å². The quantitative estimate of drug-likeness (QED) is 0.695. The van der Waals surface area contributed by atoms with E-state index in [4.69, 9.17) is 4.74 Å². The lowest BCUT2D eigenvalue weighted by atomic mass is 9.96. The number of carboxylic acid groups (broad SMARTS) is 1. The normalized spacial score (nSPS) is 18.1. The number of H-pyrrole nitrogens is 1. The number of rotatable bonds is 5. The van der Waals surface area contributed by atoms with Crippen LogP contribution >= 0.6 is 0 Å². The van der Waals surface area contributed by atoms with Crippen LogP contribution in [0.15, 0.2) is 30.5 Å². The van der Waals surface area contributed by atoms with Crippen molar-refractivity contribution >= 4 is 28.9 Å². The zero-order valence-corrected chi connectivity index (χ0v) is 17.6. The van der Waals surface area contributed by atoms with Crippen molar-refractivity contribution in [1.29, 1.82) is 0 Å². The van der Waals surface area contributed by atoms with Gasteiger partial charge >= 0.3 is 12.1 Å². The fourth-order valence-electron chi connectivity index (χ4n) is 3.69. The number of hydrogen-bond acceptors (Lipinski definition) is 4. The number of hydrogen-bond donors (Lipinski definition) is 3.